The van der Waals surface area contributed by atoms with Crippen LogP contribution in [0.1, 0.15) is 33.6 Å². The number of piperidine rings is 1. The van der Waals surface area contributed by atoms with Gasteiger partial charge in [-0.1, -0.05) is 42.5 Å². The first-order valence-corrected chi connectivity index (χ1v) is 11.1. The molecule has 3 aromatic carbocycles. The summed E-state index contributed by atoms with van der Waals surface area (Å²) in [6.07, 6.45) is 1.34. The minimum Gasteiger partial charge on any atom is -0.486 e. The fraction of sp³-hybridized carbons (Fsp3) is 0.259. The Morgan fingerprint density at radius 1 is 0.719 bits per heavy atom. The predicted molar refractivity (Wildman–Crippen MR) is 122 cm³/mol. The fourth-order valence-electron chi connectivity index (χ4n) is 4.40. The van der Waals surface area contributed by atoms with Gasteiger partial charge < -0.3 is 14.4 Å². The average Bonchev–Trinajstić information content (AvgIpc) is 2.88. The number of hydrogen-bond donors (Lipinski definition) is 0. The van der Waals surface area contributed by atoms with Crippen molar-refractivity contribution in [2.45, 2.75) is 12.8 Å². The summed E-state index contributed by atoms with van der Waals surface area (Å²) in [6, 6.07) is 23.2. The third-order valence-corrected chi connectivity index (χ3v) is 6.22. The summed E-state index contributed by atoms with van der Waals surface area (Å²) < 4.78 is 11.1. The van der Waals surface area contributed by atoms with E-state index in [1.54, 1.807) is 12.1 Å². The maximum absolute atomic E-state index is 13.0. The molecule has 0 radical (unpaired) electrons. The van der Waals surface area contributed by atoms with E-state index in [-0.39, 0.29) is 17.6 Å². The van der Waals surface area contributed by atoms with Crippen LogP contribution < -0.4 is 9.47 Å². The van der Waals surface area contributed by atoms with E-state index in [4.69, 9.17) is 9.47 Å². The molecular weight excluding hydrogens is 402 g/mol. The molecule has 0 unspecified atom stereocenters. The molecule has 0 bridgehead atoms. The van der Waals surface area contributed by atoms with Gasteiger partial charge in [0.15, 0.2) is 17.3 Å². The lowest BCUT2D eigenvalue weighted by molar-refractivity contribution is 0.0650. The Kier molecular flexibility index (Phi) is 5.63. The smallest absolute Gasteiger partial charge is 0.253 e. The quantitative estimate of drug-likeness (QED) is 0.558. The molecule has 0 atom stereocenters. The first-order chi connectivity index (χ1) is 15.7. The van der Waals surface area contributed by atoms with Gasteiger partial charge in [-0.15, -0.1) is 0 Å². The minimum atomic E-state index is -0.0814. The fourth-order valence-corrected chi connectivity index (χ4v) is 4.40. The first-order valence-electron chi connectivity index (χ1n) is 11.1. The number of ether oxygens (including phenoxy) is 2. The predicted octanol–water partition coefficient (Wildman–Crippen LogP) is 4.86. The number of nitrogens with zero attached hydrogens (tertiary/aromatic N) is 1. The normalized spacial score (nSPS) is 15.9. The number of Topliss-reactive ketones (excluding diaryl/α,β-unsaturated/α-hetero) is 1. The van der Waals surface area contributed by atoms with Crippen LogP contribution in [0.5, 0.6) is 11.5 Å². The highest BCUT2D eigenvalue weighted by atomic mass is 16.6. The zero-order chi connectivity index (χ0) is 21.9. The van der Waals surface area contributed by atoms with Crippen LogP contribution in [0, 0.1) is 5.92 Å². The number of fused-ring (bicyclic) bond motifs is 1. The van der Waals surface area contributed by atoms with E-state index < -0.39 is 0 Å². The highest BCUT2D eigenvalue weighted by molar-refractivity contribution is 5.99. The van der Waals surface area contributed by atoms with Crippen LogP contribution in [0.15, 0.2) is 72.8 Å². The van der Waals surface area contributed by atoms with Crippen molar-refractivity contribution in [1.82, 2.24) is 4.90 Å². The van der Waals surface area contributed by atoms with E-state index in [0.717, 1.165) is 11.1 Å². The molecule has 2 heterocycles. The summed E-state index contributed by atoms with van der Waals surface area (Å²) in [5.41, 5.74) is 3.55. The lowest BCUT2D eigenvalue weighted by Crippen LogP contribution is -2.40. The monoisotopic (exact) mass is 427 g/mol. The van der Waals surface area contributed by atoms with Crippen molar-refractivity contribution in [3.63, 3.8) is 0 Å². The molecule has 0 saturated carbocycles. The summed E-state index contributed by atoms with van der Waals surface area (Å²) in [4.78, 5) is 27.8. The van der Waals surface area contributed by atoms with E-state index >= 15 is 0 Å². The number of hydrogen-bond acceptors (Lipinski definition) is 4. The second kappa shape index (κ2) is 8.87. The largest absolute Gasteiger partial charge is 0.486 e. The molecule has 3 aromatic rings. The van der Waals surface area contributed by atoms with Crippen molar-refractivity contribution in [3.05, 3.63) is 83.9 Å². The summed E-state index contributed by atoms with van der Waals surface area (Å²) in [5, 5.41) is 0. The molecular formula is C27H25NO4. The third kappa shape index (κ3) is 4.11. The maximum atomic E-state index is 13.0. The molecule has 0 N–H and O–H groups in total. The number of carbonyl (C=O) groups is 2. The van der Waals surface area contributed by atoms with Crippen molar-refractivity contribution in [2.24, 2.45) is 5.92 Å². The molecule has 2 aliphatic rings. The molecule has 1 saturated heterocycles. The summed E-state index contributed by atoms with van der Waals surface area (Å²) in [6.45, 7) is 2.19. The zero-order valence-corrected chi connectivity index (χ0v) is 17.8. The standard InChI is InChI=1S/C27H25NO4/c29-26(23-10-11-24-25(18-23)32-17-16-31-24)21-12-14-28(15-13-21)27(30)22-8-6-20(7-9-22)19-4-2-1-3-5-19/h1-11,18,21H,12-17H2. The van der Waals surface area contributed by atoms with Crippen LogP contribution in [0.3, 0.4) is 0 Å². The summed E-state index contributed by atoms with van der Waals surface area (Å²) in [5.74, 6) is 1.37. The van der Waals surface area contributed by atoms with Crippen molar-refractivity contribution in [2.75, 3.05) is 26.3 Å². The lowest BCUT2D eigenvalue weighted by Gasteiger charge is -2.31. The Morgan fingerprint density at radius 2 is 1.34 bits per heavy atom. The molecule has 5 heteroatoms. The van der Waals surface area contributed by atoms with Crippen LogP contribution in [-0.4, -0.2) is 42.9 Å². The number of likely N-dealkylation sites (tertiary alicyclic amines) is 1. The Hall–Kier alpha value is -3.60. The van der Waals surface area contributed by atoms with Crippen LogP contribution in [0.4, 0.5) is 0 Å². The second-order valence-corrected chi connectivity index (χ2v) is 8.23. The molecule has 1 fully saturated rings. The first kappa shape index (κ1) is 20.3. The van der Waals surface area contributed by atoms with Gasteiger partial charge in [0.2, 0.25) is 0 Å². The third-order valence-electron chi connectivity index (χ3n) is 6.22. The van der Waals surface area contributed by atoms with E-state index in [1.165, 1.54) is 0 Å². The molecule has 0 aromatic heterocycles. The molecule has 1 amide bonds. The zero-order valence-electron chi connectivity index (χ0n) is 17.8. The lowest BCUT2D eigenvalue weighted by atomic mass is 9.88. The molecule has 5 rings (SSSR count). The van der Waals surface area contributed by atoms with Gasteiger partial charge in [0.1, 0.15) is 13.2 Å². The SMILES string of the molecule is O=C(c1ccc2c(c1)OCCO2)C1CCN(C(=O)c2ccc(-c3ccccc3)cc2)CC1. The minimum absolute atomic E-state index is 0.0230. The molecule has 2 aliphatic heterocycles. The molecule has 5 nitrogen and oxygen atoms in total. The Bertz CT molecular complexity index is 1120. The summed E-state index contributed by atoms with van der Waals surface area (Å²) in [7, 11) is 0. The van der Waals surface area contributed by atoms with Gasteiger partial charge in [0, 0.05) is 30.1 Å². The van der Waals surface area contributed by atoms with Gasteiger partial charge >= 0.3 is 0 Å². The Morgan fingerprint density at radius 3 is 2.06 bits per heavy atom. The number of amides is 1. The van der Waals surface area contributed by atoms with E-state index in [9.17, 15) is 9.59 Å². The second-order valence-electron chi connectivity index (χ2n) is 8.23. The highest BCUT2D eigenvalue weighted by Crippen LogP contribution is 2.32. The van der Waals surface area contributed by atoms with Gasteiger partial charge in [-0.3, -0.25) is 9.59 Å². The van der Waals surface area contributed by atoms with E-state index in [1.807, 2.05) is 53.4 Å². The molecule has 162 valence electrons. The van der Waals surface area contributed by atoms with E-state index in [0.29, 0.717) is 61.8 Å². The molecule has 0 spiro atoms. The highest BCUT2D eigenvalue weighted by Gasteiger charge is 2.29. The van der Waals surface area contributed by atoms with Crippen molar-refractivity contribution < 1.29 is 19.1 Å². The number of carbonyl (C=O) groups excluding carboxylic acids is 2. The Labute approximate surface area is 187 Å². The van der Waals surface area contributed by atoms with Gasteiger partial charge in [-0.2, -0.15) is 0 Å². The van der Waals surface area contributed by atoms with Gasteiger partial charge in [-0.25, -0.2) is 0 Å². The van der Waals surface area contributed by atoms with Gasteiger partial charge in [-0.05, 0) is 54.3 Å². The van der Waals surface area contributed by atoms with Crippen LogP contribution in [-0.2, 0) is 0 Å². The number of benzene rings is 3. The van der Waals surface area contributed by atoms with E-state index in [2.05, 4.69) is 12.1 Å². The van der Waals surface area contributed by atoms with Crippen molar-refractivity contribution in [1.29, 1.82) is 0 Å². The van der Waals surface area contributed by atoms with Crippen LogP contribution >= 0.6 is 0 Å². The average molecular weight is 428 g/mol. The number of ketones is 1. The van der Waals surface area contributed by atoms with Crippen LogP contribution in [0.2, 0.25) is 0 Å². The maximum Gasteiger partial charge on any atom is 0.253 e. The van der Waals surface area contributed by atoms with Gasteiger partial charge in [0.05, 0.1) is 0 Å². The Balaban J connectivity index is 1.21. The molecule has 0 aliphatic carbocycles. The van der Waals surface area contributed by atoms with Crippen molar-refractivity contribution in [3.8, 4) is 22.6 Å². The summed E-state index contributed by atoms with van der Waals surface area (Å²) >= 11 is 0. The van der Waals surface area contributed by atoms with Gasteiger partial charge in [0.25, 0.3) is 5.91 Å². The topological polar surface area (TPSA) is 55.8 Å². The number of rotatable bonds is 4. The van der Waals surface area contributed by atoms with Crippen molar-refractivity contribution >= 4 is 11.7 Å². The van der Waals surface area contributed by atoms with Crippen LogP contribution in [0.25, 0.3) is 11.1 Å². The molecule has 32 heavy (non-hydrogen) atoms.